The number of ether oxygens (including phenoxy) is 1. The third-order valence-electron chi connectivity index (χ3n) is 2.44. The normalized spacial score (nSPS) is 20.4. The zero-order valence-corrected chi connectivity index (χ0v) is 10.3. The van der Waals surface area contributed by atoms with Gasteiger partial charge in [0.1, 0.15) is 10.9 Å². The predicted octanol–water partition coefficient (Wildman–Crippen LogP) is 2.65. The molecule has 0 saturated carbocycles. The van der Waals surface area contributed by atoms with Crippen LogP contribution in [-0.2, 0) is 4.74 Å². The Kier molecular flexibility index (Phi) is 3.99. The Morgan fingerprint density at radius 2 is 2.50 bits per heavy atom. The smallest absolute Gasteiger partial charge is 0.185 e. The highest BCUT2D eigenvalue weighted by Crippen LogP contribution is 2.26. The standard InChI is InChI=1S/C10H12ClN3OS/c11-9-8(5-12)16-10(14-9)13-6-7-3-1-2-4-15-7/h7H,1-4,6H2,(H,13,14). The van der Waals surface area contributed by atoms with Gasteiger partial charge in [-0.25, -0.2) is 4.98 Å². The quantitative estimate of drug-likeness (QED) is 0.904. The Balaban J connectivity index is 1.86. The number of nitrogens with zero attached hydrogens (tertiary/aromatic N) is 2. The van der Waals surface area contributed by atoms with Crippen molar-refractivity contribution in [3.8, 4) is 6.07 Å². The fourth-order valence-electron chi connectivity index (χ4n) is 1.62. The summed E-state index contributed by atoms with van der Waals surface area (Å²) in [5.41, 5.74) is 0. The highest BCUT2D eigenvalue weighted by molar-refractivity contribution is 7.16. The van der Waals surface area contributed by atoms with Crippen LogP contribution in [0.25, 0.3) is 0 Å². The maximum atomic E-state index is 8.73. The van der Waals surface area contributed by atoms with E-state index in [2.05, 4.69) is 10.3 Å². The molecule has 1 saturated heterocycles. The van der Waals surface area contributed by atoms with Gasteiger partial charge in [-0.1, -0.05) is 22.9 Å². The lowest BCUT2D eigenvalue weighted by atomic mass is 10.1. The molecule has 1 unspecified atom stereocenters. The van der Waals surface area contributed by atoms with E-state index in [4.69, 9.17) is 21.6 Å². The number of nitriles is 1. The molecule has 0 bridgehead atoms. The second-order valence-electron chi connectivity index (χ2n) is 3.62. The largest absolute Gasteiger partial charge is 0.376 e. The lowest BCUT2D eigenvalue weighted by molar-refractivity contribution is 0.0247. The van der Waals surface area contributed by atoms with Crippen molar-refractivity contribution in [2.24, 2.45) is 0 Å². The molecule has 0 spiro atoms. The first kappa shape index (κ1) is 11.6. The van der Waals surface area contributed by atoms with Gasteiger partial charge < -0.3 is 10.1 Å². The number of thiazole rings is 1. The Hall–Kier alpha value is -0.830. The summed E-state index contributed by atoms with van der Waals surface area (Å²) in [6.45, 7) is 1.57. The van der Waals surface area contributed by atoms with Crippen molar-refractivity contribution in [2.75, 3.05) is 18.5 Å². The molecular formula is C10H12ClN3OS. The fourth-order valence-corrected chi connectivity index (χ4v) is 2.57. The predicted molar refractivity (Wildman–Crippen MR) is 63.9 cm³/mol. The SMILES string of the molecule is N#Cc1sc(NCC2CCCCO2)nc1Cl. The van der Waals surface area contributed by atoms with Crippen LogP contribution in [0.1, 0.15) is 24.1 Å². The maximum Gasteiger partial charge on any atom is 0.185 e. The molecule has 0 amide bonds. The highest BCUT2D eigenvalue weighted by Gasteiger charge is 2.15. The van der Waals surface area contributed by atoms with Crippen molar-refractivity contribution >= 4 is 28.1 Å². The Morgan fingerprint density at radius 1 is 1.62 bits per heavy atom. The summed E-state index contributed by atoms with van der Waals surface area (Å²) in [5.74, 6) is 0. The minimum atomic E-state index is 0.252. The molecule has 1 aliphatic rings. The Labute approximate surface area is 103 Å². The first-order chi connectivity index (χ1) is 7.79. The topological polar surface area (TPSA) is 57.9 Å². The van der Waals surface area contributed by atoms with Crippen LogP contribution in [0.15, 0.2) is 0 Å². The number of hydrogen-bond acceptors (Lipinski definition) is 5. The van der Waals surface area contributed by atoms with Crippen LogP contribution >= 0.6 is 22.9 Å². The van der Waals surface area contributed by atoms with Crippen LogP contribution in [0.3, 0.4) is 0 Å². The number of anilines is 1. The molecule has 1 aliphatic heterocycles. The molecule has 0 aromatic carbocycles. The van der Waals surface area contributed by atoms with Gasteiger partial charge in [-0.05, 0) is 19.3 Å². The van der Waals surface area contributed by atoms with E-state index in [1.165, 1.54) is 17.8 Å². The first-order valence-electron chi connectivity index (χ1n) is 5.21. The molecule has 0 aliphatic carbocycles. The Bertz CT molecular complexity index is 395. The summed E-state index contributed by atoms with van der Waals surface area (Å²) in [6, 6.07) is 2.01. The van der Waals surface area contributed by atoms with Crippen molar-refractivity contribution < 1.29 is 4.74 Å². The van der Waals surface area contributed by atoms with E-state index < -0.39 is 0 Å². The van der Waals surface area contributed by atoms with E-state index in [0.29, 0.717) is 10.0 Å². The molecule has 1 N–H and O–H groups in total. The maximum absolute atomic E-state index is 8.73. The lowest BCUT2D eigenvalue weighted by Crippen LogP contribution is -2.26. The summed E-state index contributed by atoms with van der Waals surface area (Å²) in [5, 5.41) is 12.9. The molecule has 1 aromatic rings. The third-order valence-corrected chi connectivity index (χ3v) is 3.75. The zero-order valence-electron chi connectivity index (χ0n) is 8.70. The molecule has 1 aromatic heterocycles. The van der Waals surface area contributed by atoms with Crippen molar-refractivity contribution in [2.45, 2.75) is 25.4 Å². The van der Waals surface area contributed by atoms with Crippen LogP contribution in [0.4, 0.5) is 5.13 Å². The number of aromatic nitrogens is 1. The second-order valence-corrected chi connectivity index (χ2v) is 4.98. The van der Waals surface area contributed by atoms with Crippen LogP contribution in [0.5, 0.6) is 0 Å². The van der Waals surface area contributed by atoms with E-state index in [0.717, 1.165) is 26.0 Å². The van der Waals surface area contributed by atoms with Gasteiger partial charge in [0.2, 0.25) is 0 Å². The van der Waals surface area contributed by atoms with Gasteiger partial charge in [0.25, 0.3) is 0 Å². The molecule has 2 heterocycles. The van der Waals surface area contributed by atoms with Gasteiger partial charge in [0, 0.05) is 13.2 Å². The number of hydrogen-bond donors (Lipinski definition) is 1. The summed E-state index contributed by atoms with van der Waals surface area (Å²) in [7, 11) is 0. The van der Waals surface area contributed by atoms with Crippen molar-refractivity contribution in [1.82, 2.24) is 4.98 Å². The van der Waals surface area contributed by atoms with Crippen molar-refractivity contribution in [3.05, 3.63) is 10.0 Å². The summed E-state index contributed by atoms with van der Waals surface area (Å²) in [4.78, 5) is 4.51. The second kappa shape index (κ2) is 5.48. The monoisotopic (exact) mass is 257 g/mol. The number of nitrogens with one attached hydrogen (secondary N) is 1. The van der Waals surface area contributed by atoms with E-state index in [1.54, 1.807) is 0 Å². The average molecular weight is 258 g/mol. The molecule has 1 fully saturated rings. The van der Waals surface area contributed by atoms with E-state index in [-0.39, 0.29) is 11.3 Å². The number of halogens is 1. The molecular weight excluding hydrogens is 246 g/mol. The average Bonchev–Trinajstić information content (AvgIpc) is 2.69. The van der Waals surface area contributed by atoms with Gasteiger partial charge in [0.05, 0.1) is 6.10 Å². The Morgan fingerprint density at radius 3 is 3.12 bits per heavy atom. The lowest BCUT2D eigenvalue weighted by Gasteiger charge is -2.22. The summed E-state index contributed by atoms with van der Waals surface area (Å²) < 4.78 is 5.58. The van der Waals surface area contributed by atoms with E-state index in [1.807, 2.05) is 6.07 Å². The molecule has 16 heavy (non-hydrogen) atoms. The third kappa shape index (κ3) is 2.85. The number of rotatable bonds is 3. The minimum absolute atomic E-state index is 0.252. The van der Waals surface area contributed by atoms with Crippen LogP contribution in [0.2, 0.25) is 5.15 Å². The highest BCUT2D eigenvalue weighted by atomic mass is 35.5. The molecule has 86 valence electrons. The van der Waals surface area contributed by atoms with Gasteiger partial charge in [-0.15, -0.1) is 0 Å². The summed E-state index contributed by atoms with van der Waals surface area (Å²) in [6.07, 6.45) is 3.70. The van der Waals surface area contributed by atoms with Crippen molar-refractivity contribution in [3.63, 3.8) is 0 Å². The zero-order chi connectivity index (χ0) is 11.4. The van der Waals surface area contributed by atoms with Gasteiger partial charge in [-0.3, -0.25) is 0 Å². The summed E-state index contributed by atoms with van der Waals surface area (Å²) >= 11 is 7.05. The molecule has 6 heteroatoms. The van der Waals surface area contributed by atoms with E-state index in [9.17, 15) is 0 Å². The van der Waals surface area contributed by atoms with Crippen molar-refractivity contribution in [1.29, 1.82) is 5.26 Å². The van der Waals surface area contributed by atoms with Crippen LogP contribution in [0, 0.1) is 11.3 Å². The van der Waals surface area contributed by atoms with Crippen LogP contribution < -0.4 is 5.32 Å². The molecule has 4 nitrogen and oxygen atoms in total. The molecule has 0 radical (unpaired) electrons. The van der Waals surface area contributed by atoms with Gasteiger partial charge >= 0.3 is 0 Å². The van der Waals surface area contributed by atoms with Crippen LogP contribution in [-0.4, -0.2) is 24.2 Å². The molecule has 1 atom stereocenters. The first-order valence-corrected chi connectivity index (χ1v) is 6.41. The van der Waals surface area contributed by atoms with Gasteiger partial charge in [0.15, 0.2) is 10.3 Å². The molecule has 2 rings (SSSR count). The minimum Gasteiger partial charge on any atom is -0.376 e. The fraction of sp³-hybridized carbons (Fsp3) is 0.600. The van der Waals surface area contributed by atoms with Gasteiger partial charge in [-0.2, -0.15) is 5.26 Å². The van der Waals surface area contributed by atoms with E-state index >= 15 is 0 Å².